The van der Waals surface area contributed by atoms with Crippen LogP contribution in [-0.2, 0) is 4.74 Å². The smallest absolute Gasteiger partial charge is 0.258 e. The molecule has 2 aromatic rings. The number of hydrogen-bond acceptors (Lipinski definition) is 7. The van der Waals surface area contributed by atoms with Crippen molar-refractivity contribution in [3.8, 4) is 0 Å². The van der Waals surface area contributed by atoms with E-state index in [1.54, 1.807) is 11.9 Å². The summed E-state index contributed by atoms with van der Waals surface area (Å²) in [7, 11) is 1.79. The fraction of sp³-hybridized carbons (Fsp3) is 0.538. The van der Waals surface area contributed by atoms with E-state index in [4.69, 9.17) is 4.74 Å². The first-order chi connectivity index (χ1) is 10.6. The summed E-state index contributed by atoms with van der Waals surface area (Å²) in [5.41, 5.74) is 1.38. The number of H-pyrrole nitrogens is 1. The summed E-state index contributed by atoms with van der Waals surface area (Å²) in [6.45, 7) is 5.14. The zero-order chi connectivity index (χ0) is 15.7. The second kappa shape index (κ2) is 6.01. The SMILES string of the molecule is CNc1snc(C)c1C(=O)N1CCOC(c2n[nH]c(C)n2)C1. The summed E-state index contributed by atoms with van der Waals surface area (Å²) in [5.74, 6) is 1.29. The van der Waals surface area contributed by atoms with Gasteiger partial charge in [0.05, 0.1) is 24.4 Å². The Morgan fingerprint density at radius 3 is 3.00 bits per heavy atom. The number of hydrogen-bond donors (Lipinski definition) is 2. The van der Waals surface area contributed by atoms with Crippen molar-refractivity contribution in [1.82, 2.24) is 24.5 Å². The zero-order valence-corrected chi connectivity index (χ0v) is 13.5. The molecule has 8 nitrogen and oxygen atoms in total. The van der Waals surface area contributed by atoms with E-state index in [1.165, 1.54) is 11.5 Å². The molecular formula is C13H18N6O2S. The molecule has 1 unspecified atom stereocenters. The third-order valence-corrected chi connectivity index (χ3v) is 4.52. The molecular weight excluding hydrogens is 304 g/mol. The fourth-order valence-electron chi connectivity index (χ4n) is 2.44. The number of aryl methyl sites for hydroxylation is 2. The summed E-state index contributed by atoms with van der Waals surface area (Å²) >= 11 is 1.30. The van der Waals surface area contributed by atoms with Gasteiger partial charge in [-0.3, -0.25) is 9.89 Å². The summed E-state index contributed by atoms with van der Waals surface area (Å²) in [6.07, 6.45) is -0.299. The monoisotopic (exact) mass is 322 g/mol. The maximum atomic E-state index is 12.8. The second-order valence-electron chi connectivity index (χ2n) is 5.11. The van der Waals surface area contributed by atoms with E-state index < -0.39 is 0 Å². The van der Waals surface area contributed by atoms with Crippen molar-refractivity contribution >= 4 is 22.4 Å². The van der Waals surface area contributed by atoms with Crippen molar-refractivity contribution in [1.29, 1.82) is 0 Å². The molecule has 22 heavy (non-hydrogen) atoms. The van der Waals surface area contributed by atoms with Gasteiger partial charge in [-0.1, -0.05) is 0 Å². The Hall–Kier alpha value is -2.00. The molecule has 2 N–H and O–H groups in total. The van der Waals surface area contributed by atoms with Crippen LogP contribution in [0.3, 0.4) is 0 Å². The minimum absolute atomic E-state index is 0.0313. The Labute approximate surface area is 132 Å². The second-order valence-corrected chi connectivity index (χ2v) is 5.89. The lowest BCUT2D eigenvalue weighted by Crippen LogP contribution is -2.42. The molecule has 1 atom stereocenters. The third kappa shape index (κ3) is 2.69. The Morgan fingerprint density at radius 2 is 2.32 bits per heavy atom. The van der Waals surface area contributed by atoms with E-state index in [0.29, 0.717) is 31.1 Å². The number of ether oxygens (including phenoxy) is 1. The molecule has 0 aliphatic carbocycles. The highest BCUT2D eigenvalue weighted by Gasteiger charge is 2.31. The van der Waals surface area contributed by atoms with Crippen molar-refractivity contribution in [2.24, 2.45) is 0 Å². The first kappa shape index (κ1) is 14.9. The highest BCUT2D eigenvalue weighted by Crippen LogP contribution is 2.27. The van der Waals surface area contributed by atoms with Crippen molar-refractivity contribution in [3.63, 3.8) is 0 Å². The average Bonchev–Trinajstić information content (AvgIpc) is 3.12. The molecule has 3 heterocycles. The number of amides is 1. The molecule has 0 bridgehead atoms. The molecule has 0 radical (unpaired) electrons. The predicted molar refractivity (Wildman–Crippen MR) is 82.1 cm³/mol. The van der Waals surface area contributed by atoms with Crippen LogP contribution in [0, 0.1) is 13.8 Å². The molecule has 0 spiro atoms. The van der Waals surface area contributed by atoms with Crippen LogP contribution in [0.4, 0.5) is 5.00 Å². The molecule has 1 saturated heterocycles. The number of nitrogens with one attached hydrogen (secondary N) is 2. The van der Waals surface area contributed by atoms with Crippen molar-refractivity contribution in [2.45, 2.75) is 20.0 Å². The Kier molecular flexibility index (Phi) is 4.08. The van der Waals surface area contributed by atoms with Gasteiger partial charge in [-0.2, -0.15) is 9.47 Å². The highest BCUT2D eigenvalue weighted by atomic mass is 32.1. The molecule has 0 saturated carbocycles. The van der Waals surface area contributed by atoms with Gasteiger partial charge in [0.15, 0.2) is 5.82 Å². The van der Waals surface area contributed by atoms with Gasteiger partial charge >= 0.3 is 0 Å². The van der Waals surface area contributed by atoms with Crippen LogP contribution in [0.15, 0.2) is 0 Å². The standard InChI is InChI=1S/C13H18N6O2S/c1-7-10(12(14-3)22-18-7)13(20)19-4-5-21-9(6-19)11-15-8(2)16-17-11/h9,14H,4-6H2,1-3H3,(H,15,16,17). The average molecular weight is 322 g/mol. The van der Waals surface area contributed by atoms with Gasteiger partial charge in [0.1, 0.15) is 16.9 Å². The molecule has 1 amide bonds. The van der Waals surface area contributed by atoms with E-state index in [1.807, 2.05) is 13.8 Å². The van der Waals surface area contributed by atoms with Crippen LogP contribution in [-0.4, -0.2) is 57.1 Å². The van der Waals surface area contributed by atoms with Gasteiger partial charge < -0.3 is 15.0 Å². The van der Waals surface area contributed by atoms with Crippen LogP contribution < -0.4 is 5.32 Å². The molecule has 9 heteroatoms. The number of aromatic amines is 1. The van der Waals surface area contributed by atoms with Gasteiger partial charge in [-0.15, -0.1) is 0 Å². The first-order valence-corrected chi connectivity index (χ1v) is 7.81. The van der Waals surface area contributed by atoms with Crippen LogP contribution in [0.25, 0.3) is 0 Å². The minimum Gasteiger partial charge on any atom is -0.378 e. The van der Waals surface area contributed by atoms with E-state index in [-0.39, 0.29) is 12.0 Å². The molecule has 1 fully saturated rings. The number of nitrogens with zero attached hydrogens (tertiary/aromatic N) is 4. The van der Waals surface area contributed by atoms with Gasteiger partial charge in [-0.25, -0.2) is 4.98 Å². The molecule has 2 aromatic heterocycles. The number of aromatic nitrogens is 4. The Morgan fingerprint density at radius 1 is 1.50 bits per heavy atom. The summed E-state index contributed by atoms with van der Waals surface area (Å²) in [4.78, 5) is 18.9. The van der Waals surface area contributed by atoms with Gasteiger partial charge in [0.25, 0.3) is 5.91 Å². The van der Waals surface area contributed by atoms with E-state index >= 15 is 0 Å². The number of rotatable bonds is 3. The predicted octanol–water partition coefficient (Wildman–Crippen LogP) is 1.13. The van der Waals surface area contributed by atoms with Crippen molar-refractivity contribution < 1.29 is 9.53 Å². The zero-order valence-electron chi connectivity index (χ0n) is 12.7. The maximum absolute atomic E-state index is 12.8. The lowest BCUT2D eigenvalue weighted by atomic mass is 10.2. The van der Waals surface area contributed by atoms with Crippen LogP contribution in [0.5, 0.6) is 0 Å². The number of anilines is 1. The number of morpholine rings is 1. The van der Waals surface area contributed by atoms with Crippen molar-refractivity contribution in [2.75, 3.05) is 32.1 Å². The minimum atomic E-state index is -0.299. The van der Waals surface area contributed by atoms with E-state index in [9.17, 15) is 4.79 Å². The first-order valence-electron chi connectivity index (χ1n) is 7.04. The maximum Gasteiger partial charge on any atom is 0.258 e. The van der Waals surface area contributed by atoms with Crippen LogP contribution in [0.1, 0.15) is 33.8 Å². The molecule has 1 aliphatic rings. The van der Waals surface area contributed by atoms with Gasteiger partial charge in [-0.05, 0) is 25.4 Å². The normalized spacial score (nSPS) is 18.5. The van der Waals surface area contributed by atoms with Crippen molar-refractivity contribution in [3.05, 3.63) is 22.9 Å². The third-order valence-electron chi connectivity index (χ3n) is 3.56. The largest absolute Gasteiger partial charge is 0.378 e. The van der Waals surface area contributed by atoms with Gasteiger partial charge in [0, 0.05) is 13.6 Å². The Bertz CT molecular complexity index is 682. The van der Waals surface area contributed by atoms with Gasteiger partial charge in [0.2, 0.25) is 0 Å². The molecule has 118 valence electrons. The Balaban J connectivity index is 1.79. The van der Waals surface area contributed by atoms with E-state index in [0.717, 1.165) is 16.5 Å². The van der Waals surface area contributed by atoms with Crippen LogP contribution >= 0.6 is 11.5 Å². The highest BCUT2D eigenvalue weighted by molar-refractivity contribution is 7.10. The summed E-state index contributed by atoms with van der Waals surface area (Å²) in [6, 6.07) is 0. The number of carbonyl (C=O) groups is 1. The summed E-state index contributed by atoms with van der Waals surface area (Å²) in [5, 5.41) is 10.7. The molecule has 0 aromatic carbocycles. The summed E-state index contributed by atoms with van der Waals surface area (Å²) < 4.78 is 9.95. The molecule has 3 rings (SSSR count). The van der Waals surface area contributed by atoms with Crippen LogP contribution in [0.2, 0.25) is 0 Å². The quantitative estimate of drug-likeness (QED) is 0.879. The fourth-order valence-corrected chi connectivity index (χ4v) is 3.18. The van der Waals surface area contributed by atoms with E-state index in [2.05, 4.69) is 24.9 Å². The number of carbonyl (C=O) groups excluding carboxylic acids is 1. The lowest BCUT2D eigenvalue weighted by molar-refractivity contribution is -0.0266. The lowest BCUT2D eigenvalue weighted by Gasteiger charge is -2.31. The topological polar surface area (TPSA) is 96.0 Å². The molecule has 1 aliphatic heterocycles.